The normalized spacial score (nSPS) is 14.2. The van der Waals surface area contributed by atoms with E-state index < -0.39 is 7.37 Å². The molecule has 0 heterocycles. The van der Waals surface area contributed by atoms with E-state index in [4.69, 9.17) is 16.3 Å². The third-order valence-corrected chi connectivity index (χ3v) is 4.81. The molecule has 17 heavy (non-hydrogen) atoms. The third kappa shape index (κ3) is 2.11. The Hall–Kier alpha value is -1.61. The van der Waals surface area contributed by atoms with Gasteiger partial charge in [0.15, 0.2) is 0 Å². The van der Waals surface area contributed by atoms with Crippen LogP contribution in [0.25, 0.3) is 0 Å². The van der Waals surface area contributed by atoms with Crippen molar-refractivity contribution in [2.75, 3.05) is 5.73 Å². The summed E-state index contributed by atoms with van der Waals surface area (Å²) in [5.74, 6) is 5.22. The van der Waals surface area contributed by atoms with Crippen molar-refractivity contribution in [2.24, 2.45) is 5.90 Å². The number of nitrogen functional groups attached to an aromatic ring is 1. The predicted molar refractivity (Wildman–Crippen MR) is 69.4 cm³/mol. The Morgan fingerprint density at radius 2 is 1.53 bits per heavy atom. The summed E-state index contributed by atoms with van der Waals surface area (Å²) in [5.41, 5.74) is 6.22. The van der Waals surface area contributed by atoms with Gasteiger partial charge >= 0.3 is 0 Å². The van der Waals surface area contributed by atoms with Crippen molar-refractivity contribution in [3.8, 4) is 0 Å². The maximum Gasteiger partial charge on any atom is 0.279 e. The predicted octanol–water partition coefficient (Wildman–Crippen LogP) is 1.39. The van der Waals surface area contributed by atoms with Gasteiger partial charge in [-0.2, -0.15) is 0 Å². The fraction of sp³-hybridized carbons (Fsp3) is 0. The summed E-state index contributed by atoms with van der Waals surface area (Å²) in [6.45, 7) is 0. The van der Waals surface area contributed by atoms with Gasteiger partial charge in [0.2, 0.25) is 0 Å². The molecule has 1 unspecified atom stereocenters. The van der Waals surface area contributed by atoms with Gasteiger partial charge in [-0.05, 0) is 24.3 Å². The van der Waals surface area contributed by atoms with Crippen molar-refractivity contribution in [3.05, 3.63) is 54.6 Å². The number of rotatable bonds is 3. The van der Waals surface area contributed by atoms with Crippen LogP contribution in [0.4, 0.5) is 5.69 Å². The summed E-state index contributed by atoms with van der Waals surface area (Å²) in [5, 5.41) is 0.953. The fourth-order valence-electron chi connectivity index (χ4n) is 1.64. The van der Waals surface area contributed by atoms with E-state index in [-0.39, 0.29) is 0 Å². The number of hydrogen-bond acceptors (Lipinski definition) is 4. The van der Waals surface area contributed by atoms with E-state index in [9.17, 15) is 4.57 Å². The number of benzene rings is 2. The monoisotopic (exact) mass is 248 g/mol. The molecule has 0 fully saturated rings. The zero-order chi connectivity index (χ0) is 12.3. The highest BCUT2D eigenvalue weighted by Crippen LogP contribution is 2.44. The molecule has 0 saturated carbocycles. The van der Waals surface area contributed by atoms with Crippen molar-refractivity contribution in [1.29, 1.82) is 0 Å². The Kier molecular flexibility index (Phi) is 3.29. The van der Waals surface area contributed by atoms with Gasteiger partial charge in [0.1, 0.15) is 0 Å². The van der Waals surface area contributed by atoms with Crippen molar-refractivity contribution in [2.45, 2.75) is 0 Å². The van der Waals surface area contributed by atoms with E-state index in [1.54, 1.807) is 48.5 Å². The Balaban J connectivity index is 2.61. The molecular weight excluding hydrogens is 235 g/mol. The minimum Gasteiger partial charge on any atom is -0.398 e. The van der Waals surface area contributed by atoms with Crippen molar-refractivity contribution in [1.82, 2.24) is 0 Å². The number of para-hydroxylation sites is 1. The van der Waals surface area contributed by atoms with Crippen molar-refractivity contribution >= 4 is 23.7 Å². The molecule has 1 atom stereocenters. The minimum absolute atomic E-state index is 0.408. The molecule has 88 valence electrons. The highest BCUT2D eigenvalue weighted by Gasteiger charge is 2.29. The summed E-state index contributed by atoms with van der Waals surface area (Å²) in [4.78, 5) is 0. The van der Waals surface area contributed by atoms with Crippen LogP contribution in [0.1, 0.15) is 0 Å². The number of hydrogen-bond donors (Lipinski definition) is 2. The lowest BCUT2D eigenvalue weighted by atomic mass is 10.3. The summed E-state index contributed by atoms with van der Waals surface area (Å²) < 4.78 is 17.5. The number of nitrogens with two attached hydrogens (primary N) is 2. The summed E-state index contributed by atoms with van der Waals surface area (Å²) in [6.07, 6.45) is 0. The zero-order valence-electron chi connectivity index (χ0n) is 9.11. The summed E-state index contributed by atoms with van der Waals surface area (Å²) >= 11 is 0. The van der Waals surface area contributed by atoms with Crippen LogP contribution in [0.3, 0.4) is 0 Å². The highest BCUT2D eigenvalue weighted by molar-refractivity contribution is 7.74. The first-order valence-electron chi connectivity index (χ1n) is 5.07. The smallest absolute Gasteiger partial charge is 0.279 e. The molecule has 0 saturated heterocycles. The molecule has 0 aromatic heterocycles. The molecule has 4 N–H and O–H groups in total. The van der Waals surface area contributed by atoms with Gasteiger partial charge in [0.05, 0.1) is 5.30 Å². The molecule has 0 spiro atoms. The second-order valence-electron chi connectivity index (χ2n) is 3.55. The molecule has 0 bridgehead atoms. The van der Waals surface area contributed by atoms with Crippen LogP contribution in [0.15, 0.2) is 54.6 Å². The average Bonchev–Trinajstić information content (AvgIpc) is 2.39. The maximum absolute atomic E-state index is 12.8. The molecular formula is C12H13N2O2P. The van der Waals surface area contributed by atoms with Crippen LogP contribution >= 0.6 is 7.37 Å². The third-order valence-electron chi connectivity index (χ3n) is 2.50. The first kappa shape index (κ1) is 11.9. The SMILES string of the molecule is NOP(=O)(c1ccccc1)c1ccccc1N. The largest absolute Gasteiger partial charge is 0.398 e. The van der Waals surface area contributed by atoms with Gasteiger partial charge in [-0.25, -0.2) is 10.5 Å². The van der Waals surface area contributed by atoms with Crippen LogP contribution < -0.4 is 22.2 Å². The second-order valence-corrected chi connectivity index (χ2v) is 5.86. The van der Waals surface area contributed by atoms with Gasteiger partial charge in [-0.1, -0.05) is 30.3 Å². The molecule has 2 rings (SSSR count). The molecule has 0 aliphatic heterocycles. The Morgan fingerprint density at radius 1 is 0.941 bits per heavy atom. The lowest BCUT2D eigenvalue weighted by Gasteiger charge is -2.17. The highest BCUT2D eigenvalue weighted by atomic mass is 31.2. The van der Waals surface area contributed by atoms with Gasteiger partial charge in [-0.3, -0.25) is 4.57 Å². The van der Waals surface area contributed by atoms with E-state index in [1.165, 1.54) is 0 Å². The molecule has 2 aromatic carbocycles. The molecule has 2 aromatic rings. The van der Waals surface area contributed by atoms with Crippen LogP contribution in [0.5, 0.6) is 0 Å². The van der Waals surface area contributed by atoms with E-state index in [2.05, 4.69) is 0 Å². The standard InChI is InChI=1S/C12H13N2O2P/c13-11-8-4-5-9-12(11)17(15,16-14)10-6-2-1-3-7-10/h1-9H,13-14H2. The Morgan fingerprint density at radius 3 is 2.12 bits per heavy atom. The van der Waals surface area contributed by atoms with E-state index in [0.29, 0.717) is 16.3 Å². The van der Waals surface area contributed by atoms with Gasteiger partial charge < -0.3 is 5.73 Å². The quantitative estimate of drug-likeness (QED) is 0.488. The van der Waals surface area contributed by atoms with E-state index >= 15 is 0 Å². The first-order chi connectivity index (χ1) is 8.18. The van der Waals surface area contributed by atoms with Crippen molar-refractivity contribution < 1.29 is 9.19 Å². The van der Waals surface area contributed by atoms with Crippen molar-refractivity contribution in [3.63, 3.8) is 0 Å². The Bertz CT molecular complexity index is 557. The van der Waals surface area contributed by atoms with Crippen LogP contribution in [0, 0.1) is 0 Å². The number of anilines is 1. The molecule has 0 aliphatic rings. The van der Waals surface area contributed by atoms with E-state index in [0.717, 1.165) is 0 Å². The fourth-order valence-corrected chi connectivity index (χ4v) is 3.41. The van der Waals surface area contributed by atoms with Crippen LogP contribution in [-0.2, 0) is 9.19 Å². The molecule has 0 radical (unpaired) electrons. The van der Waals surface area contributed by atoms with Crippen LogP contribution in [-0.4, -0.2) is 0 Å². The summed E-state index contributed by atoms with van der Waals surface area (Å²) in [6, 6.07) is 15.7. The maximum atomic E-state index is 12.8. The molecule has 4 nitrogen and oxygen atoms in total. The molecule has 0 amide bonds. The molecule has 0 aliphatic carbocycles. The van der Waals surface area contributed by atoms with Gasteiger partial charge in [0, 0.05) is 11.0 Å². The van der Waals surface area contributed by atoms with Gasteiger partial charge in [-0.15, -0.1) is 0 Å². The van der Waals surface area contributed by atoms with Gasteiger partial charge in [0.25, 0.3) is 7.37 Å². The lowest BCUT2D eigenvalue weighted by Crippen LogP contribution is -2.22. The Labute approximate surface area is 99.6 Å². The molecule has 5 heteroatoms. The zero-order valence-corrected chi connectivity index (χ0v) is 10.0. The topological polar surface area (TPSA) is 78.3 Å². The first-order valence-corrected chi connectivity index (χ1v) is 6.70. The minimum atomic E-state index is -3.29. The second kappa shape index (κ2) is 4.72. The lowest BCUT2D eigenvalue weighted by molar-refractivity contribution is 0.343. The van der Waals surface area contributed by atoms with E-state index in [1.807, 2.05) is 6.07 Å². The summed E-state index contributed by atoms with van der Waals surface area (Å²) in [7, 11) is -3.29. The van der Waals surface area contributed by atoms with Crippen LogP contribution in [0.2, 0.25) is 0 Å². The average molecular weight is 248 g/mol.